The second-order valence-corrected chi connectivity index (χ2v) is 4.58. The third-order valence-electron chi connectivity index (χ3n) is 3.45. The lowest BCUT2D eigenvalue weighted by atomic mass is 9.92. The highest BCUT2D eigenvalue weighted by Crippen LogP contribution is 2.35. The normalized spacial score (nSPS) is 17.2. The number of hydrogen-bond donors (Lipinski definition) is 0. The van der Waals surface area contributed by atoms with Crippen LogP contribution in [0.2, 0.25) is 0 Å². The Morgan fingerprint density at radius 1 is 0.941 bits per heavy atom. The Morgan fingerprint density at radius 2 is 1.71 bits per heavy atom. The molecule has 0 aromatic heterocycles. The van der Waals surface area contributed by atoms with Gasteiger partial charge in [-0.05, 0) is 36.1 Å². The van der Waals surface area contributed by atoms with Gasteiger partial charge in [-0.3, -0.25) is 4.99 Å². The van der Waals surface area contributed by atoms with Gasteiger partial charge in [-0.25, -0.2) is 0 Å². The standard InChI is InChI=1S/C16H15N/c1-11-6-5-9-15-14-8-4-3-7-13(14)12(2)17-10-16(11)15/h3-10,12H,1-2H3/t12-/m1/s1. The number of aryl methyl sites for hydroxylation is 1. The molecule has 3 rings (SSSR count). The smallest absolute Gasteiger partial charge is 0.0727 e. The van der Waals surface area contributed by atoms with Gasteiger partial charge in [0.1, 0.15) is 0 Å². The van der Waals surface area contributed by atoms with Crippen molar-refractivity contribution in [2.75, 3.05) is 0 Å². The Hall–Kier alpha value is -1.89. The quantitative estimate of drug-likeness (QED) is 0.633. The molecule has 1 aliphatic heterocycles. The second-order valence-electron chi connectivity index (χ2n) is 4.58. The van der Waals surface area contributed by atoms with E-state index in [1.54, 1.807) is 0 Å². The molecule has 1 aliphatic rings. The van der Waals surface area contributed by atoms with E-state index in [1.807, 2.05) is 6.21 Å². The molecule has 0 aliphatic carbocycles. The highest BCUT2D eigenvalue weighted by molar-refractivity contribution is 5.94. The zero-order valence-electron chi connectivity index (χ0n) is 10.1. The fraction of sp³-hybridized carbons (Fsp3) is 0.188. The monoisotopic (exact) mass is 221 g/mol. The van der Waals surface area contributed by atoms with Crippen LogP contribution in [0.1, 0.15) is 29.7 Å². The lowest BCUT2D eigenvalue weighted by Crippen LogP contribution is -1.92. The molecule has 0 radical (unpaired) electrons. The van der Waals surface area contributed by atoms with E-state index in [4.69, 9.17) is 0 Å². The molecule has 1 heterocycles. The zero-order chi connectivity index (χ0) is 11.8. The van der Waals surface area contributed by atoms with Crippen LogP contribution in [0.5, 0.6) is 0 Å². The molecule has 1 nitrogen and oxygen atoms in total. The van der Waals surface area contributed by atoms with Crippen LogP contribution in [0.25, 0.3) is 11.1 Å². The van der Waals surface area contributed by atoms with Gasteiger partial charge in [-0.2, -0.15) is 0 Å². The molecule has 1 atom stereocenters. The molecule has 2 aromatic rings. The van der Waals surface area contributed by atoms with Crippen molar-refractivity contribution in [2.45, 2.75) is 19.9 Å². The third kappa shape index (κ3) is 1.59. The number of nitrogens with zero attached hydrogens (tertiary/aromatic N) is 1. The van der Waals surface area contributed by atoms with Gasteiger partial charge in [0, 0.05) is 11.8 Å². The third-order valence-corrected chi connectivity index (χ3v) is 3.45. The van der Waals surface area contributed by atoms with Gasteiger partial charge in [0.25, 0.3) is 0 Å². The van der Waals surface area contributed by atoms with Crippen LogP contribution in [-0.2, 0) is 0 Å². The topological polar surface area (TPSA) is 12.4 Å². The van der Waals surface area contributed by atoms with Crippen LogP contribution in [0.4, 0.5) is 0 Å². The van der Waals surface area contributed by atoms with Crippen molar-refractivity contribution in [1.82, 2.24) is 0 Å². The first-order chi connectivity index (χ1) is 8.27. The number of aliphatic imine (C=N–C) groups is 1. The maximum absolute atomic E-state index is 4.64. The Kier molecular flexibility index (Phi) is 2.32. The molecule has 0 unspecified atom stereocenters. The molecule has 0 saturated carbocycles. The van der Waals surface area contributed by atoms with Gasteiger partial charge in [-0.1, -0.05) is 42.5 Å². The van der Waals surface area contributed by atoms with Gasteiger partial charge >= 0.3 is 0 Å². The van der Waals surface area contributed by atoms with E-state index in [2.05, 4.69) is 61.3 Å². The van der Waals surface area contributed by atoms with Crippen molar-refractivity contribution < 1.29 is 0 Å². The van der Waals surface area contributed by atoms with Crippen molar-refractivity contribution in [3.05, 3.63) is 59.2 Å². The first-order valence-electron chi connectivity index (χ1n) is 5.99. The van der Waals surface area contributed by atoms with E-state index in [1.165, 1.54) is 27.8 Å². The Morgan fingerprint density at radius 3 is 2.59 bits per heavy atom. The maximum Gasteiger partial charge on any atom is 0.0727 e. The maximum atomic E-state index is 4.64. The highest BCUT2D eigenvalue weighted by Gasteiger charge is 2.16. The average molecular weight is 221 g/mol. The predicted octanol–water partition coefficient (Wildman–Crippen LogP) is 4.16. The van der Waals surface area contributed by atoms with E-state index in [9.17, 15) is 0 Å². The number of benzene rings is 2. The van der Waals surface area contributed by atoms with Gasteiger partial charge < -0.3 is 0 Å². The van der Waals surface area contributed by atoms with E-state index < -0.39 is 0 Å². The highest BCUT2D eigenvalue weighted by atomic mass is 14.8. The minimum atomic E-state index is 0.234. The number of rotatable bonds is 0. The summed E-state index contributed by atoms with van der Waals surface area (Å²) in [6, 6.07) is 15.2. The van der Waals surface area contributed by atoms with Crippen LogP contribution in [0.15, 0.2) is 47.5 Å². The van der Waals surface area contributed by atoms with Crippen LogP contribution in [0.3, 0.4) is 0 Å². The van der Waals surface area contributed by atoms with Gasteiger partial charge in [0.2, 0.25) is 0 Å². The van der Waals surface area contributed by atoms with Crippen molar-refractivity contribution in [3.63, 3.8) is 0 Å². The first kappa shape index (κ1) is 10.3. The molecule has 84 valence electrons. The molecule has 2 aromatic carbocycles. The average Bonchev–Trinajstić information content (AvgIpc) is 2.50. The summed E-state index contributed by atoms with van der Waals surface area (Å²) in [7, 11) is 0. The first-order valence-corrected chi connectivity index (χ1v) is 5.99. The van der Waals surface area contributed by atoms with Gasteiger partial charge in [0.15, 0.2) is 0 Å². The molecular formula is C16H15N. The molecule has 1 heteroatoms. The van der Waals surface area contributed by atoms with Crippen molar-refractivity contribution in [3.8, 4) is 11.1 Å². The van der Waals surface area contributed by atoms with Crippen molar-refractivity contribution >= 4 is 6.21 Å². The fourth-order valence-electron chi connectivity index (χ4n) is 2.46. The van der Waals surface area contributed by atoms with Crippen molar-refractivity contribution in [2.24, 2.45) is 4.99 Å². The van der Waals surface area contributed by atoms with Gasteiger partial charge in [0.05, 0.1) is 6.04 Å². The number of hydrogen-bond acceptors (Lipinski definition) is 1. The minimum Gasteiger partial charge on any atom is -0.285 e. The summed E-state index contributed by atoms with van der Waals surface area (Å²) in [5, 5.41) is 0. The minimum absolute atomic E-state index is 0.234. The van der Waals surface area contributed by atoms with Crippen LogP contribution >= 0.6 is 0 Å². The van der Waals surface area contributed by atoms with Gasteiger partial charge in [-0.15, -0.1) is 0 Å². The number of fused-ring (bicyclic) bond motifs is 3. The van der Waals surface area contributed by atoms with E-state index in [-0.39, 0.29) is 6.04 Å². The summed E-state index contributed by atoms with van der Waals surface area (Å²) in [5.74, 6) is 0. The molecule has 0 bridgehead atoms. The second kappa shape index (κ2) is 3.85. The lowest BCUT2D eigenvalue weighted by molar-refractivity contribution is 0.830. The molecule has 0 saturated heterocycles. The fourth-order valence-corrected chi connectivity index (χ4v) is 2.46. The summed E-state index contributed by atoms with van der Waals surface area (Å²) in [6.07, 6.45) is 2.02. The Labute approximate surface area is 102 Å². The summed E-state index contributed by atoms with van der Waals surface area (Å²) >= 11 is 0. The molecule has 0 spiro atoms. The molecule has 0 amide bonds. The zero-order valence-corrected chi connectivity index (χ0v) is 10.1. The largest absolute Gasteiger partial charge is 0.285 e. The SMILES string of the molecule is Cc1cccc2c1C=N[C@H](C)c1ccccc1-2. The lowest BCUT2D eigenvalue weighted by Gasteiger charge is -2.12. The van der Waals surface area contributed by atoms with Crippen LogP contribution in [0, 0.1) is 6.92 Å². The Balaban J connectivity index is 2.37. The summed E-state index contributed by atoms with van der Waals surface area (Å²) < 4.78 is 0. The predicted molar refractivity (Wildman–Crippen MR) is 72.6 cm³/mol. The molecule has 0 fully saturated rings. The van der Waals surface area contributed by atoms with E-state index in [0.29, 0.717) is 0 Å². The van der Waals surface area contributed by atoms with Crippen LogP contribution in [-0.4, -0.2) is 6.21 Å². The van der Waals surface area contributed by atoms with Crippen LogP contribution < -0.4 is 0 Å². The summed E-state index contributed by atoms with van der Waals surface area (Å²) in [6.45, 7) is 4.29. The van der Waals surface area contributed by atoms with E-state index >= 15 is 0 Å². The molecule has 17 heavy (non-hydrogen) atoms. The Bertz CT molecular complexity index is 596. The molecular weight excluding hydrogens is 206 g/mol. The van der Waals surface area contributed by atoms with Crippen molar-refractivity contribution in [1.29, 1.82) is 0 Å². The summed E-state index contributed by atoms with van der Waals surface area (Å²) in [4.78, 5) is 4.64. The molecule has 0 N–H and O–H groups in total. The summed E-state index contributed by atoms with van der Waals surface area (Å²) in [5.41, 5.74) is 6.47. The van der Waals surface area contributed by atoms with E-state index in [0.717, 1.165) is 0 Å².